The molecule has 6 rings (SSSR count). The molecule has 3 aromatic heterocycles. The number of aromatic nitrogens is 5. The van der Waals surface area contributed by atoms with Crippen LogP contribution in [0.1, 0.15) is 38.7 Å². The second-order valence-electron chi connectivity index (χ2n) is 10.1. The van der Waals surface area contributed by atoms with Gasteiger partial charge in [0.05, 0.1) is 40.5 Å². The lowest BCUT2D eigenvalue weighted by Gasteiger charge is -2.11. The summed E-state index contributed by atoms with van der Waals surface area (Å²) in [6, 6.07) is 20.6. The van der Waals surface area contributed by atoms with Gasteiger partial charge < -0.3 is 19.0 Å². The van der Waals surface area contributed by atoms with Crippen LogP contribution in [0.3, 0.4) is 0 Å². The van der Waals surface area contributed by atoms with Gasteiger partial charge in [-0.2, -0.15) is 5.26 Å². The highest BCUT2D eigenvalue weighted by atomic mass is 19.1. The number of imidazole rings is 2. The van der Waals surface area contributed by atoms with Gasteiger partial charge in [-0.25, -0.2) is 28.5 Å². The van der Waals surface area contributed by atoms with E-state index in [2.05, 4.69) is 9.97 Å². The summed E-state index contributed by atoms with van der Waals surface area (Å²) < 4.78 is 39.2. The molecule has 6 aromatic rings. The van der Waals surface area contributed by atoms with E-state index in [9.17, 15) is 14.3 Å². The number of nitrogens with zero attached hydrogens (tertiary/aromatic N) is 6. The Bertz CT molecular complexity index is 2080. The van der Waals surface area contributed by atoms with Crippen LogP contribution in [0.4, 0.5) is 8.78 Å². The van der Waals surface area contributed by atoms with Crippen molar-refractivity contribution in [2.75, 3.05) is 0 Å². The highest BCUT2D eigenvalue weighted by molar-refractivity contribution is 5.92. The van der Waals surface area contributed by atoms with Crippen LogP contribution in [-0.4, -0.2) is 35.2 Å². The van der Waals surface area contributed by atoms with E-state index in [-0.39, 0.29) is 35.6 Å². The van der Waals surface area contributed by atoms with Gasteiger partial charge >= 0.3 is 5.97 Å². The molecule has 0 atom stereocenters. The lowest BCUT2D eigenvalue weighted by molar-refractivity contribution is 0.0697. The van der Waals surface area contributed by atoms with Crippen LogP contribution >= 0.6 is 0 Å². The zero-order valence-electron chi connectivity index (χ0n) is 23.4. The molecule has 1 N–H and O–H groups in total. The third kappa shape index (κ3) is 5.73. The van der Waals surface area contributed by atoms with Crippen LogP contribution in [-0.2, 0) is 26.6 Å². The number of nitriles is 1. The second kappa shape index (κ2) is 11.8. The van der Waals surface area contributed by atoms with E-state index in [0.29, 0.717) is 40.2 Å². The molecule has 0 saturated carbocycles. The van der Waals surface area contributed by atoms with Crippen molar-refractivity contribution >= 4 is 17.0 Å². The first-order chi connectivity index (χ1) is 21.3. The van der Waals surface area contributed by atoms with Crippen LogP contribution in [0.15, 0.2) is 85.2 Å². The van der Waals surface area contributed by atoms with Gasteiger partial charge in [0.25, 0.3) is 0 Å². The summed E-state index contributed by atoms with van der Waals surface area (Å²) in [7, 11) is 1.86. The smallest absolute Gasteiger partial charge is 0.335 e. The Labute approximate surface area is 250 Å². The van der Waals surface area contributed by atoms with Gasteiger partial charge in [-0.3, -0.25) is 0 Å². The highest BCUT2D eigenvalue weighted by Gasteiger charge is 2.18. The second-order valence-corrected chi connectivity index (χ2v) is 10.1. The van der Waals surface area contributed by atoms with Crippen molar-refractivity contribution in [3.8, 4) is 23.2 Å². The van der Waals surface area contributed by atoms with Crippen LogP contribution in [0, 0.1) is 23.0 Å². The molecular weight excluding hydrogens is 566 g/mol. The van der Waals surface area contributed by atoms with Crippen molar-refractivity contribution in [2.24, 2.45) is 7.05 Å². The Morgan fingerprint density at radius 3 is 2.52 bits per heavy atom. The number of halogens is 2. The Balaban J connectivity index is 1.26. The molecule has 44 heavy (non-hydrogen) atoms. The minimum absolute atomic E-state index is 0.0888. The quantitative estimate of drug-likeness (QED) is 0.223. The predicted octanol–water partition coefficient (Wildman–Crippen LogP) is 5.90. The summed E-state index contributed by atoms with van der Waals surface area (Å²) in [6.45, 7) is 0.232. The molecule has 0 amide bonds. The van der Waals surface area contributed by atoms with Crippen LogP contribution < -0.4 is 4.74 Å². The molecule has 3 heterocycles. The summed E-state index contributed by atoms with van der Waals surface area (Å²) in [6.07, 6.45) is 3.64. The fourth-order valence-corrected chi connectivity index (χ4v) is 4.87. The fourth-order valence-electron chi connectivity index (χ4n) is 4.87. The first-order valence-electron chi connectivity index (χ1n) is 13.5. The van der Waals surface area contributed by atoms with Gasteiger partial charge in [-0.15, -0.1) is 0 Å². The van der Waals surface area contributed by atoms with E-state index in [0.717, 1.165) is 11.9 Å². The topological polar surface area (TPSA) is 119 Å². The number of carboxylic acid groups (broad SMARTS) is 1. The van der Waals surface area contributed by atoms with Crippen molar-refractivity contribution in [1.82, 2.24) is 24.1 Å². The number of rotatable bonds is 9. The molecule has 0 fully saturated rings. The third-order valence-electron chi connectivity index (χ3n) is 7.27. The number of aryl methyl sites for hydroxylation is 1. The Kier molecular flexibility index (Phi) is 7.56. The standard InChI is InChI=1S/C33H24F2N6O3/c1-40-12-11-37-31(40)18-41-29-15-23(33(42)43)9-10-28(29)38-30(41)16-21-7-8-22(14-26(21)35)27-3-2-4-32(39-27)44-19-24-6-5-20(17-36)13-25(24)34/h2-15H,16,18-19H2,1H3,(H,42,43). The van der Waals surface area contributed by atoms with Crippen LogP contribution in [0.2, 0.25) is 0 Å². The van der Waals surface area contributed by atoms with Crippen molar-refractivity contribution in [3.63, 3.8) is 0 Å². The number of benzene rings is 3. The zero-order valence-corrected chi connectivity index (χ0v) is 23.4. The summed E-state index contributed by atoms with van der Waals surface area (Å²) in [4.78, 5) is 25.2. The van der Waals surface area contributed by atoms with Gasteiger partial charge in [0.2, 0.25) is 5.88 Å². The van der Waals surface area contributed by atoms with E-state index in [1.54, 1.807) is 48.7 Å². The first-order valence-corrected chi connectivity index (χ1v) is 13.5. The number of hydrogen-bond donors (Lipinski definition) is 1. The van der Waals surface area contributed by atoms with Gasteiger partial charge in [-0.05, 0) is 48.0 Å². The van der Waals surface area contributed by atoms with Gasteiger partial charge in [0.15, 0.2) is 0 Å². The van der Waals surface area contributed by atoms with E-state index in [1.165, 1.54) is 24.3 Å². The molecule has 3 aromatic carbocycles. The summed E-state index contributed by atoms with van der Waals surface area (Å²) in [5.41, 5.74) is 3.22. The lowest BCUT2D eigenvalue weighted by Crippen LogP contribution is -2.10. The number of aromatic carboxylic acids is 1. The molecule has 0 aliphatic heterocycles. The summed E-state index contributed by atoms with van der Waals surface area (Å²) >= 11 is 0. The first kappa shape index (κ1) is 28.2. The molecule has 218 valence electrons. The fraction of sp³-hybridized carbons (Fsp3) is 0.121. The predicted molar refractivity (Wildman–Crippen MR) is 157 cm³/mol. The SMILES string of the molecule is Cn1ccnc1Cn1c(Cc2ccc(-c3cccc(OCc4ccc(C#N)cc4F)n3)cc2F)nc2ccc(C(=O)O)cc21. The van der Waals surface area contributed by atoms with Crippen LogP contribution in [0.5, 0.6) is 5.88 Å². The molecule has 11 heteroatoms. The number of carboxylic acids is 1. The minimum atomic E-state index is -1.05. The molecule has 0 saturated heterocycles. The summed E-state index contributed by atoms with van der Waals surface area (Å²) in [5.74, 6) is -0.535. The number of carbonyl (C=O) groups is 1. The number of fused-ring (bicyclic) bond motifs is 1. The normalized spacial score (nSPS) is 11.0. The lowest BCUT2D eigenvalue weighted by atomic mass is 10.1. The maximum absolute atomic E-state index is 15.5. The Hall–Kier alpha value is -5.89. The molecule has 0 aliphatic rings. The Morgan fingerprint density at radius 1 is 0.977 bits per heavy atom. The van der Waals surface area contributed by atoms with E-state index >= 15 is 4.39 Å². The molecule has 0 spiro atoms. The maximum Gasteiger partial charge on any atom is 0.335 e. The minimum Gasteiger partial charge on any atom is -0.478 e. The van der Waals surface area contributed by atoms with E-state index < -0.39 is 17.6 Å². The van der Waals surface area contributed by atoms with E-state index in [1.807, 2.05) is 28.4 Å². The molecule has 0 unspecified atom stereocenters. The molecule has 0 radical (unpaired) electrons. The van der Waals surface area contributed by atoms with E-state index in [4.69, 9.17) is 15.0 Å². The molecule has 9 nitrogen and oxygen atoms in total. The number of ether oxygens (including phenoxy) is 1. The molecule has 0 aliphatic carbocycles. The molecular formula is C33H24F2N6O3. The van der Waals surface area contributed by atoms with Crippen molar-refractivity contribution in [1.29, 1.82) is 5.26 Å². The van der Waals surface area contributed by atoms with Crippen molar-refractivity contribution in [3.05, 3.63) is 131 Å². The Morgan fingerprint density at radius 2 is 1.80 bits per heavy atom. The van der Waals surface area contributed by atoms with Gasteiger partial charge in [0.1, 0.15) is 29.9 Å². The number of pyridine rings is 1. The average molecular weight is 591 g/mol. The largest absolute Gasteiger partial charge is 0.478 e. The highest BCUT2D eigenvalue weighted by Crippen LogP contribution is 2.26. The average Bonchev–Trinajstić information content (AvgIpc) is 3.59. The zero-order chi connectivity index (χ0) is 30.8. The van der Waals surface area contributed by atoms with Crippen molar-refractivity contribution < 1.29 is 23.4 Å². The maximum atomic E-state index is 15.5. The van der Waals surface area contributed by atoms with Gasteiger partial charge in [0, 0.05) is 43.1 Å². The van der Waals surface area contributed by atoms with Crippen LogP contribution in [0.25, 0.3) is 22.3 Å². The third-order valence-corrected chi connectivity index (χ3v) is 7.27. The van der Waals surface area contributed by atoms with Gasteiger partial charge in [-0.1, -0.05) is 24.3 Å². The summed E-state index contributed by atoms with van der Waals surface area (Å²) in [5, 5.41) is 18.5. The monoisotopic (exact) mass is 590 g/mol. The molecule has 0 bridgehead atoms. The number of hydrogen-bond acceptors (Lipinski definition) is 6. The van der Waals surface area contributed by atoms with Crippen molar-refractivity contribution in [2.45, 2.75) is 19.6 Å².